The van der Waals surface area contributed by atoms with Crippen LogP contribution >= 0.6 is 0 Å². The lowest BCUT2D eigenvalue weighted by Gasteiger charge is -2.43. The minimum absolute atomic E-state index is 0.325. The van der Waals surface area contributed by atoms with Crippen LogP contribution in [0.15, 0.2) is 12.3 Å². The highest BCUT2D eigenvalue weighted by Gasteiger charge is 2.39. The SMILES string of the molecule is Cc1cnn2c(N[C@H]3CC[C@H](N)C3)cc([C@@H](C)C3(C)CCC3)nc12. The Balaban J connectivity index is 1.71. The lowest BCUT2D eigenvalue weighted by atomic mass is 9.62. The van der Waals surface area contributed by atoms with Gasteiger partial charge in [0.05, 0.1) is 6.20 Å². The quantitative estimate of drug-likeness (QED) is 0.900. The van der Waals surface area contributed by atoms with E-state index in [1.165, 1.54) is 25.0 Å². The molecule has 2 aromatic heterocycles. The van der Waals surface area contributed by atoms with Crippen molar-refractivity contribution in [1.29, 1.82) is 0 Å². The first kappa shape index (κ1) is 15.9. The number of rotatable bonds is 4. The number of nitrogens with two attached hydrogens (primary N) is 1. The zero-order valence-corrected chi connectivity index (χ0v) is 15.0. The molecule has 130 valence electrons. The molecule has 0 bridgehead atoms. The van der Waals surface area contributed by atoms with Crippen molar-refractivity contribution >= 4 is 11.5 Å². The molecule has 3 N–H and O–H groups in total. The van der Waals surface area contributed by atoms with Crippen molar-refractivity contribution in [2.24, 2.45) is 11.1 Å². The third-order valence-electron chi connectivity index (χ3n) is 6.48. The molecular weight excluding hydrogens is 298 g/mol. The van der Waals surface area contributed by atoms with Crippen LogP contribution in [0.25, 0.3) is 5.65 Å². The van der Waals surface area contributed by atoms with E-state index >= 15 is 0 Å². The molecule has 0 aliphatic heterocycles. The Kier molecular flexibility index (Phi) is 3.79. The molecule has 5 heteroatoms. The van der Waals surface area contributed by atoms with E-state index in [0.29, 0.717) is 23.4 Å². The van der Waals surface area contributed by atoms with E-state index in [-0.39, 0.29) is 0 Å². The second-order valence-electron chi connectivity index (χ2n) is 8.27. The lowest BCUT2D eigenvalue weighted by Crippen LogP contribution is -2.32. The van der Waals surface area contributed by atoms with Gasteiger partial charge in [-0.25, -0.2) is 4.98 Å². The van der Waals surface area contributed by atoms with E-state index < -0.39 is 0 Å². The van der Waals surface area contributed by atoms with Crippen molar-refractivity contribution < 1.29 is 0 Å². The predicted molar refractivity (Wildman–Crippen MR) is 97.3 cm³/mol. The number of hydrogen-bond acceptors (Lipinski definition) is 4. The van der Waals surface area contributed by atoms with Crippen LogP contribution in [0.2, 0.25) is 0 Å². The largest absolute Gasteiger partial charge is 0.367 e. The summed E-state index contributed by atoms with van der Waals surface area (Å²) in [6.45, 7) is 6.82. The minimum Gasteiger partial charge on any atom is -0.367 e. The molecular formula is C19H29N5. The van der Waals surface area contributed by atoms with Crippen molar-refractivity contribution in [2.75, 3.05) is 5.32 Å². The summed E-state index contributed by atoms with van der Waals surface area (Å²) >= 11 is 0. The van der Waals surface area contributed by atoms with Gasteiger partial charge in [0, 0.05) is 35.3 Å². The lowest BCUT2D eigenvalue weighted by molar-refractivity contribution is 0.123. The molecule has 2 aromatic rings. The summed E-state index contributed by atoms with van der Waals surface area (Å²) in [6.07, 6.45) is 9.14. The van der Waals surface area contributed by atoms with Crippen LogP contribution in [-0.2, 0) is 0 Å². The number of aromatic nitrogens is 3. The Morgan fingerprint density at radius 1 is 1.38 bits per heavy atom. The van der Waals surface area contributed by atoms with Crippen LogP contribution in [0.5, 0.6) is 0 Å². The molecule has 3 atom stereocenters. The number of aryl methyl sites for hydroxylation is 1. The van der Waals surface area contributed by atoms with E-state index in [9.17, 15) is 0 Å². The van der Waals surface area contributed by atoms with Crippen LogP contribution in [-0.4, -0.2) is 26.7 Å². The molecule has 0 spiro atoms. The number of fused-ring (bicyclic) bond motifs is 1. The van der Waals surface area contributed by atoms with E-state index in [4.69, 9.17) is 10.7 Å². The molecule has 0 radical (unpaired) electrons. The van der Waals surface area contributed by atoms with Crippen LogP contribution in [0, 0.1) is 12.3 Å². The highest BCUT2D eigenvalue weighted by Crippen LogP contribution is 2.50. The first-order chi connectivity index (χ1) is 11.5. The number of anilines is 1. The van der Waals surface area contributed by atoms with Crippen LogP contribution in [0.1, 0.15) is 69.5 Å². The Hall–Kier alpha value is -1.62. The molecule has 0 unspecified atom stereocenters. The zero-order chi connectivity index (χ0) is 16.9. The van der Waals surface area contributed by atoms with Crippen molar-refractivity contribution in [3.63, 3.8) is 0 Å². The molecule has 24 heavy (non-hydrogen) atoms. The van der Waals surface area contributed by atoms with Gasteiger partial charge in [0.2, 0.25) is 0 Å². The maximum atomic E-state index is 6.08. The Labute approximate surface area is 144 Å². The minimum atomic E-state index is 0.325. The van der Waals surface area contributed by atoms with Gasteiger partial charge >= 0.3 is 0 Å². The molecule has 0 saturated heterocycles. The highest BCUT2D eigenvalue weighted by molar-refractivity contribution is 5.54. The molecule has 2 fully saturated rings. The van der Waals surface area contributed by atoms with Crippen molar-refractivity contribution in [2.45, 2.75) is 77.3 Å². The summed E-state index contributed by atoms with van der Waals surface area (Å²) in [5.41, 5.74) is 9.78. The Morgan fingerprint density at radius 3 is 2.79 bits per heavy atom. The molecule has 0 aromatic carbocycles. The fraction of sp³-hybridized carbons (Fsp3) is 0.684. The summed E-state index contributed by atoms with van der Waals surface area (Å²) in [7, 11) is 0. The molecule has 4 rings (SSSR count). The van der Waals surface area contributed by atoms with Gasteiger partial charge in [-0.1, -0.05) is 20.3 Å². The van der Waals surface area contributed by atoms with Crippen molar-refractivity contribution in [3.05, 3.63) is 23.5 Å². The second kappa shape index (κ2) is 5.73. The van der Waals surface area contributed by atoms with Crippen LogP contribution in [0.3, 0.4) is 0 Å². The standard InChI is InChI=1S/C19H29N5/c1-12-11-21-24-17(22-15-6-5-14(20)9-15)10-16(23-18(12)24)13(2)19(3)7-4-8-19/h10-11,13-15,22H,4-9,20H2,1-3H3/t13-,14+,15+/m1/s1. The molecule has 2 saturated carbocycles. The molecule has 0 amide bonds. The van der Waals surface area contributed by atoms with Crippen LogP contribution in [0.4, 0.5) is 5.82 Å². The maximum absolute atomic E-state index is 6.08. The average Bonchev–Trinajstić information content (AvgIpc) is 3.11. The maximum Gasteiger partial charge on any atom is 0.160 e. The fourth-order valence-corrected chi connectivity index (χ4v) is 4.30. The summed E-state index contributed by atoms with van der Waals surface area (Å²) < 4.78 is 1.96. The first-order valence-corrected chi connectivity index (χ1v) is 9.34. The zero-order valence-electron chi connectivity index (χ0n) is 15.0. The predicted octanol–water partition coefficient (Wildman–Crippen LogP) is 3.62. The van der Waals surface area contributed by atoms with Gasteiger partial charge in [-0.3, -0.25) is 0 Å². The third kappa shape index (κ3) is 2.59. The van der Waals surface area contributed by atoms with E-state index in [1.54, 1.807) is 0 Å². The smallest absolute Gasteiger partial charge is 0.160 e. The first-order valence-electron chi connectivity index (χ1n) is 9.34. The second-order valence-corrected chi connectivity index (χ2v) is 8.27. The number of nitrogens with zero attached hydrogens (tertiary/aromatic N) is 3. The fourth-order valence-electron chi connectivity index (χ4n) is 4.30. The van der Waals surface area contributed by atoms with Gasteiger partial charge in [-0.2, -0.15) is 9.61 Å². The van der Waals surface area contributed by atoms with Gasteiger partial charge in [0.15, 0.2) is 5.65 Å². The van der Waals surface area contributed by atoms with Crippen LogP contribution < -0.4 is 11.1 Å². The van der Waals surface area contributed by atoms with Gasteiger partial charge < -0.3 is 11.1 Å². The van der Waals surface area contributed by atoms with Gasteiger partial charge in [0.1, 0.15) is 5.82 Å². The normalized spacial score (nSPS) is 27.2. The summed E-state index contributed by atoms with van der Waals surface area (Å²) in [5.74, 6) is 1.54. The monoisotopic (exact) mass is 327 g/mol. The van der Waals surface area contributed by atoms with E-state index in [0.717, 1.165) is 36.3 Å². The molecule has 5 nitrogen and oxygen atoms in total. The molecule has 2 aliphatic carbocycles. The van der Waals surface area contributed by atoms with E-state index in [2.05, 4.69) is 37.3 Å². The average molecular weight is 327 g/mol. The molecule has 2 aliphatic rings. The van der Waals surface area contributed by atoms with Crippen molar-refractivity contribution in [3.8, 4) is 0 Å². The third-order valence-corrected chi connectivity index (χ3v) is 6.48. The van der Waals surface area contributed by atoms with Gasteiger partial charge in [-0.15, -0.1) is 0 Å². The molecule has 2 heterocycles. The van der Waals surface area contributed by atoms with E-state index in [1.807, 2.05) is 10.7 Å². The summed E-state index contributed by atoms with van der Waals surface area (Å²) in [5, 5.41) is 8.23. The van der Waals surface area contributed by atoms with Gasteiger partial charge in [0.25, 0.3) is 0 Å². The summed E-state index contributed by atoms with van der Waals surface area (Å²) in [4.78, 5) is 4.97. The Bertz CT molecular complexity index is 746. The number of hydrogen-bond donors (Lipinski definition) is 2. The van der Waals surface area contributed by atoms with Gasteiger partial charge in [-0.05, 0) is 44.4 Å². The Morgan fingerprint density at radius 2 is 2.17 bits per heavy atom. The highest BCUT2D eigenvalue weighted by atomic mass is 15.3. The topological polar surface area (TPSA) is 68.2 Å². The summed E-state index contributed by atoms with van der Waals surface area (Å²) in [6, 6.07) is 2.99. The number of nitrogens with one attached hydrogen (secondary N) is 1. The van der Waals surface area contributed by atoms with Crippen molar-refractivity contribution in [1.82, 2.24) is 14.6 Å².